The third kappa shape index (κ3) is 3.43. The molecule has 27 heavy (non-hydrogen) atoms. The number of carboxylic acids is 1. The Morgan fingerprint density at radius 3 is 2.00 bits per heavy atom. The Bertz CT molecular complexity index is 1040. The van der Waals surface area contributed by atoms with Gasteiger partial charge in [0.25, 0.3) is 0 Å². The molecule has 0 unspecified atom stereocenters. The molecule has 0 bridgehead atoms. The molecule has 5 heteroatoms. The fourth-order valence-electron chi connectivity index (χ4n) is 2.89. The third-order valence-electron chi connectivity index (χ3n) is 4.15. The fourth-order valence-corrected chi connectivity index (χ4v) is 2.89. The van der Waals surface area contributed by atoms with Crippen LogP contribution in [0.3, 0.4) is 0 Å². The van der Waals surface area contributed by atoms with Gasteiger partial charge in [0.15, 0.2) is 0 Å². The van der Waals surface area contributed by atoms with Gasteiger partial charge in [-0.1, -0.05) is 30.3 Å². The number of aromatic nitrogens is 3. The Balaban J connectivity index is 1.96. The van der Waals surface area contributed by atoms with Crippen molar-refractivity contribution in [3.05, 3.63) is 90.8 Å². The van der Waals surface area contributed by atoms with Gasteiger partial charge >= 0.3 is 5.97 Å². The highest BCUT2D eigenvalue weighted by atomic mass is 16.4. The summed E-state index contributed by atoms with van der Waals surface area (Å²) in [7, 11) is 0. The van der Waals surface area contributed by atoms with Crippen molar-refractivity contribution < 1.29 is 9.90 Å². The van der Waals surface area contributed by atoms with Crippen molar-refractivity contribution in [1.29, 1.82) is 0 Å². The number of rotatable bonds is 4. The summed E-state index contributed by atoms with van der Waals surface area (Å²) in [4.78, 5) is 25.1. The molecule has 4 rings (SSSR count). The van der Waals surface area contributed by atoms with Gasteiger partial charge in [0.1, 0.15) is 0 Å². The van der Waals surface area contributed by atoms with Crippen molar-refractivity contribution in [2.75, 3.05) is 0 Å². The van der Waals surface area contributed by atoms with Crippen molar-refractivity contribution in [3.63, 3.8) is 0 Å². The van der Waals surface area contributed by atoms with E-state index in [0.29, 0.717) is 22.6 Å². The second-order valence-electron chi connectivity index (χ2n) is 5.91. The van der Waals surface area contributed by atoms with Crippen LogP contribution < -0.4 is 0 Å². The number of hydrogen-bond acceptors (Lipinski definition) is 4. The summed E-state index contributed by atoms with van der Waals surface area (Å²) in [5.41, 5.74) is 4.33. The monoisotopic (exact) mass is 353 g/mol. The van der Waals surface area contributed by atoms with Gasteiger partial charge in [-0.05, 0) is 42.5 Å². The molecular weight excluding hydrogens is 338 g/mol. The molecule has 0 aliphatic rings. The van der Waals surface area contributed by atoms with Crippen LogP contribution in [0.4, 0.5) is 0 Å². The first kappa shape index (κ1) is 16.6. The minimum Gasteiger partial charge on any atom is -0.478 e. The standard InChI is InChI=1S/C22H15N3O2/c26-22(27)17-8-2-1-7-16(17)20-13-15(18-9-3-5-11-23-18)14-21(25-20)19-10-4-6-12-24-19/h1-14H,(H,26,27). The molecule has 0 saturated heterocycles. The van der Waals surface area contributed by atoms with Crippen LogP contribution in [0.15, 0.2) is 85.2 Å². The van der Waals surface area contributed by atoms with Crippen LogP contribution in [0.25, 0.3) is 33.9 Å². The lowest BCUT2D eigenvalue weighted by molar-refractivity contribution is 0.0697. The first-order chi connectivity index (χ1) is 13.2. The lowest BCUT2D eigenvalue weighted by Gasteiger charge is -2.11. The highest BCUT2D eigenvalue weighted by Gasteiger charge is 2.15. The molecule has 4 aromatic rings. The summed E-state index contributed by atoms with van der Waals surface area (Å²) < 4.78 is 0. The zero-order chi connectivity index (χ0) is 18.6. The molecule has 3 aromatic heterocycles. The number of aromatic carboxylic acids is 1. The van der Waals surface area contributed by atoms with Gasteiger partial charge in [-0.15, -0.1) is 0 Å². The number of nitrogens with zero attached hydrogens (tertiary/aromatic N) is 3. The maximum atomic E-state index is 11.7. The van der Waals surface area contributed by atoms with Crippen molar-refractivity contribution in [2.24, 2.45) is 0 Å². The van der Waals surface area contributed by atoms with Crippen LogP contribution in [0, 0.1) is 0 Å². The minimum absolute atomic E-state index is 0.204. The highest BCUT2D eigenvalue weighted by Crippen LogP contribution is 2.30. The number of hydrogen-bond donors (Lipinski definition) is 1. The Kier molecular flexibility index (Phi) is 4.41. The molecule has 0 aliphatic carbocycles. The van der Waals surface area contributed by atoms with Crippen LogP contribution in [0.1, 0.15) is 10.4 Å². The zero-order valence-corrected chi connectivity index (χ0v) is 14.3. The average molecular weight is 353 g/mol. The summed E-state index contributed by atoms with van der Waals surface area (Å²) in [5, 5.41) is 9.55. The Hall–Kier alpha value is -3.86. The first-order valence-corrected chi connectivity index (χ1v) is 8.40. The van der Waals surface area contributed by atoms with Gasteiger partial charge in [0.2, 0.25) is 0 Å². The lowest BCUT2D eigenvalue weighted by atomic mass is 10.0. The summed E-state index contributed by atoms with van der Waals surface area (Å²) in [6, 6.07) is 21.9. The summed E-state index contributed by atoms with van der Waals surface area (Å²) >= 11 is 0. The van der Waals surface area contributed by atoms with E-state index in [-0.39, 0.29) is 5.56 Å². The summed E-state index contributed by atoms with van der Waals surface area (Å²) in [5.74, 6) is -0.991. The van der Waals surface area contributed by atoms with Crippen LogP contribution in [-0.4, -0.2) is 26.0 Å². The molecule has 3 heterocycles. The van der Waals surface area contributed by atoms with Gasteiger partial charge in [-0.2, -0.15) is 0 Å². The van der Waals surface area contributed by atoms with Crippen LogP contribution >= 0.6 is 0 Å². The summed E-state index contributed by atoms with van der Waals surface area (Å²) in [6.07, 6.45) is 3.43. The molecule has 0 spiro atoms. The predicted octanol–water partition coefficient (Wildman–Crippen LogP) is 4.57. The molecule has 0 atom stereocenters. The van der Waals surface area contributed by atoms with Crippen molar-refractivity contribution >= 4 is 5.97 Å². The second-order valence-corrected chi connectivity index (χ2v) is 5.91. The van der Waals surface area contributed by atoms with E-state index < -0.39 is 5.97 Å². The van der Waals surface area contributed by atoms with E-state index in [1.54, 1.807) is 36.7 Å². The number of benzene rings is 1. The molecule has 1 aromatic carbocycles. The second kappa shape index (κ2) is 7.17. The maximum absolute atomic E-state index is 11.7. The predicted molar refractivity (Wildman–Crippen MR) is 103 cm³/mol. The van der Waals surface area contributed by atoms with E-state index in [9.17, 15) is 9.90 Å². The lowest BCUT2D eigenvalue weighted by Crippen LogP contribution is -2.01. The largest absolute Gasteiger partial charge is 0.478 e. The van der Waals surface area contributed by atoms with Gasteiger partial charge in [-0.25, -0.2) is 9.78 Å². The third-order valence-corrected chi connectivity index (χ3v) is 4.15. The molecule has 0 fully saturated rings. The Labute approximate surface area is 156 Å². The van der Waals surface area contributed by atoms with Crippen LogP contribution in [-0.2, 0) is 0 Å². The van der Waals surface area contributed by atoms with E-state index in [1.165, 1.54) is 0 Å². The summed E-state index contributed by atoms with van der Waals surface area (Å²) in [6.45, 7) is 0. The minimum atomic E-state index is -0.991. The van der Waals surface area contributed by atoms with Crippen molar-refractivity contribution in [1.82, 2.24) is 15.0 Å². The molecule has 0 radical (unpaired) electrons. The smallest absolute Gasteiger partial charge is 0.336 e. The Morgan fingerprint density at radius 1 is 0.704 bits per heavy atom. The van der Waals surface area contributed by atoms with E-state index in [0.717, 1.165) is 11.3 Å². The zero-order valence-electron chi connectivity index (χ0n) is 14.3. The van der Waals surface area contributed by atoms with E-state index >= 15 is 0 Å². The molecule has 0 aliphatic heterocycles. The SMILES string of the molecule is O=C(O)c1ccccc1-c1cc(-c2ccccn2)cc(-c2ccccn2)n1. The van der Waals surface area contributed by atoms with E-state index in [1.807, 2.05) is 48.5 Å². The molecule has 1 N–H and O–H groups in total. The quantitative estimate of drug-likeness (QED) is 0.581. The van der Waals surface area contributed by atoms with Crippen molar-refractivity contribution in [2.45, 2.75) is 0 Å². The number of pyridine rings is 3. The maximum Gasteiger partial charge on any atom is 0.336 e. The van der Waals surface area contributed by atoms with E-state index in [4.69, 9.17) is 0 Å². The topological polar surface area (TPSA) is 76.0 Å². The van der Waals surface area contributed by atoms with Crippen LogP contribution in [0.2, 0.25) is 0 Å². The normalized spacial score (nSPS) is 10.5. The highest BCUT2D eigenvalue weighted by molar-refractivity contribution is 5.96. The van der Waals surface area contributed by atoms with Gasteiger partial charge in [0.05, 0.1) is 28.3 Å². The Morgan fingerprint density at radius 2 is 1.33 bits per heavy atom. The molecular formula is C22H15N3O2. The average Bonchev–Trinajstić information content (AvgIpc) is 2.74. The molecule has 0 saturated carbocycles. The molecule has 0 amide bonds. The molecule has 130 valence electrons. The number of carbonyl (C=O) groups is 1. The van der Waals surface area contributed by atoms with Crippen LogP contribution in [0.5, 0.6) is 0 Å². The van der Waals surface area contributed by atoms with Gasteiger partial charge in [0, 0.05) is 23.5 Å². The van der Waals surface area contributed by atoms with Gasteiger partial charge < -0.3 is 5.11 Å². The van der Waals surface area contributed by atoms with E-state index in [2.05, 4.69) is 15.0 Å². The first-order valence-electron chi connectivity index (χ1n) is 8.40. The number of carboxylic acid groups (broad SMARTS) is 1. The van der Waals surface area contributed by atoms with Gasteiger partial charge in [-0.3, -0.25) is 9.97 Å². The molecule has 5 nitrogen and oxygen atoms in total. The van der Waals surface area contributed by atoms with Crippen molar-refractivity contribution in [3.8, 4) is 33.9 Å². The fraction of sp³-hybridized carbons (Fsp3) is 0.